The summed E-state index contributed by atoms with van der Waals surface area (Å²) in [5.41, 5.74) is 0.400. The number of anilines is 1. The van der Waals surface area contributed by atoms with Gasteiger partial charge < -0.3 is 5.32 Å². The molecule has 0 aliphatic heterocycles. The molecule has 2 rings (SSSR count). The van der Waals surface area contributed by atoms with E-state index in [1.54, 1.807) is 13.8 Å². The fraction of sp³-hybridized carbons (Fsp3) is 0.316. The van der Waals surface area contributed by atoms with Crippen molar-refractivity contribution in [2.75, 3.05) is 11.1 Å². The van der Waals surface area contributed by atoms with Gasteiger partial charge in [-0.3, -0.25) is 4.79 Å². The van der Waals surface area contributed by atoms with Gasteiger partial charge in [0.05, 0.1) is 16.9 Å². The van der Waals surface area contributed by atoms with Gasteiger partial charge in [0, 0.05) is 10.6 Å². The number of thioether (sulfide) groups is 1. The van der Waals surface area contributed by atoms with Crippen molar-refractivity contribution in [3.63, 3.8) is 0 Å². The van der Waals surface area contributed by atoms with Crippen molar-refractivity contribution in [1.82, 2.24) is 0 Å². The molecule has 0 saturated heterocycles. The van der Waals surface area contributed by atoms with Gasteiger partial charge >= 0.3 is 12.4 Å². The van der Waals surface area contributed by atoms with Gasteiger partial charge in [0.25, 0.3) is 0 Å². The van der Waals surface area contributed by atoms with Crippen molar-refractivity contribution in [2.45, 2.75) is 38.0 Å². The van der Waals surface area contributed by atoms with E-state index in [0.29, 0.717) is 29.6 Å². The Morgan fingerprint density at radius 3 is 1.75 bits per heavy atom. The zero-order valence-electron chi connectivity index (χ0n) is 15.2. The molecular formula is C19H17F6NOS. The van der Waals surface area contributed by atoms with Crippen molar-refractivity contribution in [1.29, 1.82) is 0 Å². The molecule has 0 bridgehead atoms. The minimum atomic E-state index is -4.92. The number of nitrogens with one attached hydrogen (secondary N) is 1. The van der Waals surface area contributed by atoms with Gasteiger partial charge in [-0.05, 0) is 50.1 Å². The van der Waals surface area contributed by atoms with Gasteiger partial charge in [0.1, 0.15) is 0 Å². The molecule has 2 nitrogen and oxygen atoms in total. The molecule has 152 valence electrons. The summed E-state index contributed by atoms with van der Waals surface area (Å²) in [5, 5.41) is 2.66. The fourth-order valence-corrected chi connectivity index (χ4v) is 3.50. The molecular weight excluding hydrogens is 404 g/mol. The average molecular weight is 421 g/mol. The lowest BCUT2D eigenvalue weighted by Gasteiger charge is -2.15. The zero-order chi connectivity index (χ0) is 21.3. The van der Waals surface area contributed by atoms with Gasteiger partial charge in [-0.1, -0.05) is 17.7 Å². The Morgan fingerprint density at radius 2 is 1.32 bits per heavy atom. The summed E-state index contributed by atoms with van der Waals surface area (Å²) < 4.78 is 77.3. The first-order valence-electron chi connectivity index (χ1n) is 8.07. The molecule has 2 aromatic rings. The number of hydrogen-bond donors (Lipinski definition) is 1. The van der Waals surface area contributed by atoms with Crippen LogP contribution in [0.1, 0.15) is 27.8 Å². The fourth-order valence-electron chi connectivity index (χ4n) is 2.71. The van der Waals surface area contributed by atoms with Crippen LogP contribution >= 0.6 is 11.8 Å². The number of aryl methyl sites for hydroxylation is 3. The lowest BCUT2D eigenvalue weighted by molar-refractivity contribution is -0.143. The molecule has 1 amide bonds. The van der Waals surface area contributed by atoms with E-state index in [0.717, 1.165) is 16.7 Å². The summed E-state index contributed by atoms with van der Waals surface area (Å²) in [7, 11) is 0. The first kappa shape index (κ1) is 22.1. The van der Waals surface area contributed by atoms with Crippen LogP contribution in [0.25, 0.3) is 0 Å². The maximum Gasteiger partial charge on any atom is 0.416 e. The summed E-state index contributed by atoms with van der Waals surface area (Å²) in [6, 6.07) is 4.99. The number of carbonyl (C=O) groups is 1. The van der Waals surface area contributed by atoms with Crippen LogP contribution in [0.3, 0.4) is 0 Å². The highest BCUT2D eigenvalue weighted by molar-refractivity contribution is 8.00. The van der Waals surface area contributed by atoms with Gasteiger partial charge in [-0.25, -0.2) is 0 Å². The zero-order valence-corrected chi connectivity index (χ0v) is 16.0. The van der Waals surface area contributed by atoms with E-state index in [2.05, 4.69) is 5.32 Å². The minimum absolute atomic E-state index is 0.0587. The normalized spacial score (nSPS) is 12.2. The van der Waals surface area contributed by atoms with E-state index < -0.39 is 29.4 Å². The summed E-state index contributed by atoms with van der Waals surface area (Å²) in [4.78, 5) is 11.9. The molecule has 2 aromatic carbocycles. The third kappa shape index (κ3) is 5.67. The Hall–Kier alpha value is -2.16. The highest BCUT2D eigenvalue weighted by Gasteiger charge is 2.37. The molecule has 0 aliphatic carbocycles. The summed E-state index contributed by atoms with van der Waals surface area (Å²) in [5.74, 6) is -0.850. The molecule has 0 radical (unpaired) electrons. The van der Waals surface area contributed by atoms with Crippen molar-refractivity contribution in [2.24, 2.45) is 0 Å². The maximum atomic E-state index is 12.9. The average Bonchev–Trinajstić information content (AvgIpc) is 2.54. The monoisotopic (exact) mass is 421 g/mol. The van der Waals surface area contributed by atoms with E-state index in [-0.39, 0.29) is 16.7 Å². The van der Waals surface area contributed by atoms with Gasteiger partial charge in [-0.15, -0.1) is 11.8 Å². The second-order valence-corrected chi connectivity index (χ2v) is 7.40. The molecule has 0 heterocycles. The Kier molecular flexibility index (Phi) is 6.37. The van der Waals surface area contributed by atoms with Crippen LogP contribution in [0.2, 0.25) is 0 Å². The van der Waals surface area contributed by atoms with Crippen LogP contribution in [0.5, 0.6) is 0 Å². The lowest BCUT2D eigenvalue weighted by atomic mass is 10.1. The van der Waals surface area contributed by atoms with Crippen LogP contribution in [-0.4, -0.2) is 11.7 Å². The van der Waals surface area contributed by atoms with Gasteiger partial charge in [-0.2, -0.15) is 26.3 Å². The molecule has 0 unspecified atom stereocenters. The van der Waals surface area contributed by atoms with Crippen molar-refractivity contribution in [3.05, 3.63) is 58.1 Å². The van der Waals surface area contributed by atoms with E-state index in [9.17, 15) is 31.1 Å². The Bertz CT molecular complexity index is 834. The van der Waals surface area contributed by atoms with Gasteiger partial charge in [0.2, 0.25) is 5.91 Å². The molecule has 28 heavy (non-hydrogen) atoms. The predicted octanol–water partition coefficient (Wildman–Crippen LogP) is 6.38. The lowest BCUT2D eigenvalue weighted by Crippen LogP contribution is -2.16. The minimum Gasteiger partial charge on any atom is -0.325 e. The number of halogens is 6. The second kappa shape index (κ2) is 8.06. The largest absolute Gasteiger partial charge is 0.416 e. The third-order valence-corrected chi connectivity index (χ3v) is 4.85. The Balaban J connectivity index is 2.19. The van der Waals surface area contributed by atoms with E-state index in [1.807, 2.05) is 19.1 Å². The maximum absolute atomic E-state index is 12.9. The van der Waals surface area contributed by atoms with Gasteiger partial charge in [0.15, 0.2) is 0 Å². The van der Waals surface area contributed by atoms with Crippen LogP contribution in [-0.2, 0) is 17.1 Å². The van der Waals surface area contributed by atoms with Crippen LogP contribution in [0.4, 0.5) is 32.0 Å². The van der Waals surface area contributed by atoms with Crippen molar-refractivity contribution < 1.29 is 31.1 Å². The number of benzene rings is 2. The Labute approximate surface area is 162 Å². The molecule has 0 spiro atoms. The molecule has 0 aromatic heterocycles. The van der Waals surface area contributed by atoms with Crippen molar-refractivity contribution >= 4 is 23.4 Å². The SMILES string of the molecule is Cc1cc(C)c(NC(=O)CSc2cc(C(F)(F)F)cc(C(F)(F)F)c2)c(C)c1. The molecule has 0 aliphatic rings. The molecule has 0 fully saturated rings. The predicted molar refractivity (Wildman–Crippen MR) is 96.5 cm³/mol. The molecule has 9 heteroatoms. The highest BCUT2D eigenvalue weighted by atomic mass is 32.2. The summed E-state index contributed by atoms with van der Waals surface area (Å²) in [6.07, 6.45) is -9.84. The van der Waals surface area contributed by atoms with Crippen molar-refractivity contribution in [3.8, 4) is 0 Å². The highest BCUT2D eigenvalue weighted by Crippen LogP contribution is 2.38. The molecule has 1 N–H and O–H groups in total. The first-order chi connectivity index (χ1) is 12.8. The van der Waals surface area contributed by atoms with E-state index >= 15 is 0 Å². The smallest absolute Gasteiger partial charge is 0.325 e. The summed E-state index contributed by atoms with van der Waals surface area (Å²) in [6.45, 7) is 5.49. The number of amides is 1. The van der Waals surface area contributed by atoms with E-state index in [1.165, 1.54) is 0 Å². The quantitative estimate of drug-likeness (QED) is 0.458. The number of carbonyl (C=O) groups excluding carboxylic acids is 1. The Morgan fingerprint density at radius 1 is 0.857 bits per heavy atom. The molecule has 0 atom stereocenters. The van der Waals surface area contributed by atoms with Crippen LogP contribution < -0.4 is 5.32 Å². The second-order valence-electron chi connectivity index (χ2n) is 6.35. The van der Waals surface area contributed by atoms with Crippen LogP contribution in [0.15, 0.2) is 35.2 Å². The number of hydrogen-bond acceptors (Lipinski definition) is 2. The van der Waals surface area contributed by atoms with Crippen LogP contribution in [0, 0.1) is 20.8 Å². The topological polar surface area (TPSA) is 29.1 Å². The first-order valence-corrected chi connectivity index (χ1v) is 9.06. The standard InChI is InChI=1S/C19H17F6NOS/c1-10-4-11(2)17(12(3)5-10)26-16(27)9-28-15-7-13(18(20,21)22)6-14(8-15)19(23,24)25/h4-8H,9H2,1-3H3,(H,26,27). The van der Waals surface area contributed by atoms with E-state index in [4.69, 9.17) is 0 Å². The third-order valence-electron chi connectivity index (χ3n) is 3.87. The number of alkyl halides is 6. The summed E-state index contributed by atoms with van der Waals surface area (Å²) >= 11 is 0.611. The molecule has 0 saturated carbocycles. The number of rotatable bonds is 4.